The summed E-state index contributed by atoms with van der Waals surface area (Å²) in [6.45, 7) is 1.70. The van der Waals surface area contributed by atoms with Gasteiger partial charge in [-0.3, -0.25) is 14.9 Å². The van der Waals surface area contributed by atoms with E-state index in [4.69, 9.17) is 11.6 Å². The van der Waals surface area contributed by atoms with Crippen molar-refractivity contribution in [1.29, 1.82) is 0 Å². The average Bonchev–Trinajstić information content (AvgIpc) is 3.16. The van der Waals surface area contributed by atoms with Gasteiger partial charge in [0.15, 0.2) is 0 Å². The lowest BCUT2D eigenvalue weighted by atomic mass is 10.1. The standard InChI is InChI=1S/C22H15BrClN3O3/c1-13-18(24)8-3-9-19(13)27-21(29)17(20(28)25-22(27)30)12-16-7-4-10-26(16)15-6-2-5-14(23)11-15/h2-12H,1H3,(H,25,28,30)/b17-12+. The lowest BCUT2D eigenvalue weighted by Gasteiger charge is -2.27. The van der Waals surface area contributed by atoms with Crippen molar-refractivity contribution in [3.8, 4) is 5.69 Å². The van der Waals surface area contributed by atoms with E-state index in [1.807, 2.05) is 41.1 Å². The third-order valence-electron chi connectivity index (χ3n) is 4.74. The van der Waals surface area contributed by atoms with Crippen LogP contribution in [0.3, 0.4) is 0 Å². The van der Waals surface area contributed by atoms with Crippen LogP contribution in [0.5, 0.6) is 0 Å². The molecule has 0 bridgehead atoms. The van der Waals surface area contributed by atoms with Crippen LogP contribution in [0.15, 0.2) is 70.8 Å². The number of nitrogens with one attached hydrogen (secondary N) is 1. The first-order valence-corrected chi connectivity index (χ1v) is 10.1. The van der Waals surface area contributed by atoms with Crippen LogP contribution in [0.2, 0.25) is 5.02 Å². The van der Waals surface area contributed by atoms with E-state index in [0.29, 0.717) is 22.0 Å². The second-order valence-corrected chi connectivity index (χ2v) is 7.95. The highest BCUT2D eigenvalue weighted by Gasteiger charge is 2.37. The zero-order valence-electron chi connectivity index (χ0n) is 15.7. The van der Waals surface area contributed by atoms with E-state index in [-0.39, 0.29) is 5.57 Å². The monoisotopic (exact) mass is 483 g/mol. The topological polar surface area (TPSA) is 71.4 Å². The molecule has 1 saturated heterocycles. The van der Waals surface area contributed by atoms with Crippen molar-refractivity contribution in [1.82, 2.24) is 9.88 Å². The molecular weight excluding hydrogens is 470 g/mol. The van der Waals surface area contributed by atoms with Gasteiger partial charge >= 0.3 is 6.03 Å². The van der Waals surface area contributed by atoms with Crippen molar-refractivity contribution in [2.75, 3.05) is 4.90 Å². The zero-order chi connectivity index (χ0) is 21.4. The first kappa shape index (κ1) is 20.1. The minimum absolute atomic E-state index is 0.149. The van der Waals surface area contributed by atoms with E-state index in [0.717, 1.165) is 15.1 Å². The highest BCUT2D eigenvalue weighted by Crippen LogP contribution is 2.29. The zero-order valence-corrected chi connectivity index (χ0v) is 18.1. The summed E-state index contributed by atoms with van der Waals surface area (Å²) >= 11 is 9.59. The Kier molecular flexibility index (Phi) is 5.32. The van der Waals surface area contributed by atoms with E-state index >= 15 is 0 Å². The minimum Gasteiger partial charge on any atom is -0.317 e. The van der Waals surface area contributed by atoms with Crippen LogP contribution in [0.1, 0.15) is 11.3 Å². The van der Waals surface area contributed by atoms with E-state index in [9.17, 15) is 14.4 Å². The first-order chi connectivity index (χ1) is 14.4. The fourth-order valence-corrected chi connectivity index (χ4v) is 3.79. The quantitative estimate of drug-likeness (QED) is 0.426. The van der Waals surface area contributed by atoms with Gasteiger partial charge in [-0.25, -0.2) is 9.69 Å². The van der Waals surface area contributed by atoms with E-state index in [1.165, 1.54) is 6.08 Å². The molecule has 3 aromatic rings. The van der Waals surface area contributed by atoms with Crippen molar-refractivity contribution in [2.24, 2.45) is 0 Å². The van der Waals surface area contributed by atoms with Gasteiger partial charge in [-0.1, -0.05) is 39.7 Å². The Bertz CT molecular complexity index is 1230. The van der Waals surface area contributed by atoms with Crippen LogP contribution in [-0.2, 0) is 9.59 Å². The Hall–Kier alpha value is -3.16. The number of barbiturate groups is 1. The maximum Gasteiger partial charge on any atom is 0.335 e. The molecule has 0 saturated carbocycles. The molecule has 1 fully saturated rings. The van der Waals surface area contributed by atoms with Crippen LogP contribution in [0.25, 0.3) is 11.8 Å². The lowest BCUT2D eigenvalue weighted by molar-refractivity contribution is -0.122. The van der Waals surface area contributed by atoms with Crippen molar-refractivity contribution in [2.45, 2.75) is 6.92 Å². The fourth-order valence-electron chi connectivity index (χ4n) is 3.24. The number of amides is 4. The predicted octanol–water partition coefficient (Wildman–Crippen LogP) is 4.87. The number of anilines is 1. The Morgan fingerprint density at radius 1 is 1.03 bits per heavy atom. The van der Waals surface area contributed by atoms with E-state index in [2.05, 4.69) is 21.2 Å². The van der Waals surface area contributed by atoms with Crippen molar-refractivity contribution in [3.63, 3.8) is 0 Å². The lowest BCUT2D eigenvalue weighted by Crippen LogP contribution is -2.54. The maximum absolute atomic E-state index is 13.2. The van der Waals surface area contributed by atoms with Gasteiger partial charge in [-0.2, -0.15) is 0 Å². The summed E-state index contributed by atoms with van der Waals surface area (Å²) in [5.74, 6) is -1.46. The summed E-state index contributed by atoms with van der Waals surface area (Å²) < 4.78 is 2.73. The fraction of sp³-hybridized carbons (Fsp3) is 0.0455. The third kappa shape index (κ3) is 3.58. The maximum atomic E-state index is 13.2. The molecule has 150 valence electrons. The number of rotatable bonds is 3. The normalized spacial score (nSPS) is 15.6. The van der Waals surface area contributed by atoms with Crippen molar-refractivity contribution in [3.05, 3.63) is 87.1 Å². The molecule has 0 atom stereocenters. The van der Waals surface area contributed by atoms with Crippen molar-refractivity contribution < 1.29 is 14.4 Å². The van der Waals surface area contributed by atoms with Gasteiger partial charge in [-0.15, -0.1) is 0 Å². The van der Waals surface area contributed by atoms with Crippen LogP contribution in [0, 0.1) is 6.92 Å². The molecule has 4 amide bonds. The number of benzene rings is 2. The van der Waals surface area contributed by atoms with Crippen LogP contribution in [-0.4, -0.2) is 22.4 Å². The molecule has 0 aliphatic carbocycles. The highest BCUT2D eigenvalue weighted by molar-refractivity contribution is 9.10. The van der Waals surface area contributed by atoms with Gasteiger partial charge in [-0.05, 0) is 61.0 Å². The SMILES string of the molecule is Cc1c(Cl)cccc1N1C(=O)NC(=O)/C(=C\c2cccn2-c2cccc(Br)c2)C1=O. The molecule has 2 aromatic carbocycles. The average molecular weight is 485 g/mol. The summed E-state index contributed by atoms with van der Waals surface area (Å²) in [5, 5.41) is 2.65. The molecule has 6 nitrogen and oxygen atoms in total. The molecule has 1 aromatic heterocycles. The number of hydrogen-bond acceptors (Lipinski definition) is 3. The van der Waals surface area contributed by atoms with Crippen LogP contribution < -0.4 is 10.2 Å². The summed E-state index contributed by atoms with van der Waals surface area (Å²) in [5.41, 5.74) is 2.20. The summed E-state index contributed by atoms with van der Waals surface area (Å²) in [7, 11) is 0. The third-order valence-corrected chi connectivity index (χ3v) is 5.64. The van der Waals surface area contributed by atoms with Gasteiger partial charge in [0.2, 0.25) is 0 Å². The molecule has 1 N–H and O–H groups in total. The van der Waals surface area contributed by atoms with Gasteiger partial charge < -0.3 is 4.57 Å². The second kappa shape index (κ2) is 7.93. The van der Waals surface area contributed by atoms with Gasteiger partial charge in [0.1, 0.15) is 5.57 Å². The number of urea groups is 1. The molecule has 2 heterocycles. The van der Waals surface area contributed by atoms with Crippen molar-refractivity contribution >= 4 is 57.1 Å². The second-order valence-electron chi connectivity index (χ2n) is 6.62. The molecular formula is C22H15BrClN3O3. The van der Waals surface area contributed by atoms with E-state index in [1.54, 1.807) is 31.2 Å². The Morgan fingerprint density at radius 3 is 2.57 bits per heavy atom. The molecule has 1 aliphatic heterocycles. The largest absolute Gasteiger partial charge is 0.335 e. The smallest absolute Gasteiger partial charge is 0.317 e. The molecule has 0 unspecified atom stereocenters. The van der Waals surface area contributed by atoms with Gasteiger partial charge in [0, 0.05) is 27.1 Å². The van der Waals surface area contributed by atoms with Gasteiger partial charge in [0.25, 0.3) is 11.8 Å². The highest BCUT2D eigenvalue weighted by atomic mass is 79.9. The Morgan fingerprint density at radius 2 is 1.80 bits per heavy atom. The molecule has 0 radical (unpaired) electrons. The molecule has 8 heteroatoms. The number of imide groups is 2. The minimum atomic E-state index is -0.810. The first-order valence-electron chi connectivity index (χ1n) is 8.96. The number of carbonyl (C=O) groups excluding carboxylic acids is 3. The molecule has 4 rings (SSSR count). The van der Waals surface area contributed by atoms with E-state index < -0.39 is 17.8 Å². The summed E-state index contributed by atoms with van der Waals surface area (Å²) in [6, 6.07) is 15.3. The predicted molar refractivity (Wildman–Crippen MR) is 119 cm³/mol. The van der Waals surface area contributed by atoms with Crippen LogP contribution in [0.4, 0.5) is 10.5 Å². The molecule has 30 heavy (non-hydrogen) atoms. The Balaban J connectivity index is 1.78. The number of carbonyl (C=O) groups is 3. The van der Waals surface area contributed by atoms with Gasteiger partial charge in [0.05, 0.1) is 5.69 Å². The number of aromatic nitrogens is 1. The number of hydrogen-bond donors (Lipinski definition) is 1. The summed E-state index contributed by atoms with van der Waals surface area (Å²) in [4.78, 5) is 39.0. The number of halogens is 2. The Labute approximate surface area is 185 Å². The molecule has 0 spiro atoms. The summed E-state index contributed by atoms with van der Waals surface area (Å²) in [6.07, 6.45) is 3.29. The number of nitrogens with zero attached hydrogens (tertiary/aromatic N) is 2. The molecule has 1 aliphatic rings. The van der Waals surface area contributed by atoms with Crippen LogP contribution >= 0.6 is 27.5 Å².